The van der Waals surface area contributed by atoms with Gasteiger partial charge in [0.25, 0.3) is 0 Å². The Morgan fingerprint density at radius 3 is 2.39 bits per heavy atom. The van der Waals surface area contributed by atoms with E-state index in [2.05, 4.69) is 20.3 Å². The number of ether oxygens (including phenoxy) is 4. The van der Waals surface area contributed by atoms with Crippen molar-refractivity contribution in [2.75, 3.05) is 44.6 Å². The van der Waals surface area contributed by atoms with Gasteiger partial charge in [-0.25, -0.2) is 15.0 Å². The van der Waals surface area contributed by atoms with E-state index in [0.29, 0.717) is 66.6 Å². The molecule has 194 valence electrons. The van der Waals surface area contributed by atoms with Crippen LogP contribution in [0.4, 0.5) is 24.8 Å². The summed E-state index contributed by atoms with van der Waals surface area (Å²) in [4.78, 5) is 12.9. The van der Waals surface area contributed by atoms with Crippen LogP contribution in [0.15, 0.2) is 24.3 Å². The largest absolute Gasteiger partial charge is 0.487 e. The number of anilines is 2. The predicted molar refractivity (Wildman–Crippen MR) is 127 cm³/mol. The molecule has 4 rings (SSSR count). The first-order valence-corrected chi connectivity index (χ1v) is 11.5. The maximum absolute atomic E-state index is 13.2. The lowest BCUT2D eigenvalue weighted by atomic mass is 10.2. The smallest absolute Gasteiger partial charge is 0.416 e. The monoisotopic (exact) mass is 507 g/mol. The lowest BCUT2D eigenvalue weighted by molar-refractivity contribution is -0.137. The Kier molecular flexibility index (Phi) is 7.94. The Hall–Kier alpha value is -3.38. The van der Waals surface area contributed by atoms with Gasteiger partial charge in [0, 0.05) is 18.6 Å². The highest BCUT2D eigenvalue weighted by atomic mass is 19.4. The summed E-state index contributed by atoms with van der Waals surface area (Å²) in [5.74, 6) is 1.62. The van der Waals surface area contributed by atoms with Gasteiger partial charge in [0.2, 0.25) is 0 Å². The lowest BCUT2D eigenvalue weighted by Gasteiger charge is -2.16. The lowest BCUT2D eigenvalue weighted by Crippen LogP contribution is -2.12. The van der Waals surface area contributed by atoms with Gasteiger partial charge in [-0.15, -0.1) is 0 Å². The fourth-order valence-corrected chi connectivity index (χ4v) is 3.49. The number of halogens is 3. The quantitative estimate of drug-likeness (QED) is 0.349. The first-order valence-electron chi connectivity index (χ1n) is 11.5. The molecule has 0 unspecified atom stereocenters. The van der Waals surface area contributed by atoms with Crippen LogP contribution in [0.1, 0.15) is 29.9 Å². The second kappa shape index (κ2) is 11.1. The summed E-state index contributed by atoms with van der Waals surface area (Å²) in [5.41, 5.74) is 5.43. The zero-order valence-electron chi connectivity index (χ0n) is 20.0. The molecular formula is C24H28F3N5O4. The number of rotatable bonds is 12. The summed E-state index contributed by atoms with van der Waals surface area (Å²) in [6, 6.07) is 5.23. The van der Waals surface area contributed by atoms with Gasteiger partial charge in [-0.2, -0.15) is 13.2 Å². The Balaban J connectivity index is 1.59. The van der Waals surface area contributed by atoms with Crippen LogP contribution in [-0.4, -0.2) is 54.6 Å². The molecule has 1 fully saturated rings. The van der Waals surface area contributed by atoms with Crippen LogP contribution in [0.25, 0.3) is 10.9 Å². The summed E-state index contributed by atoms with van der Waals surface area (Å²) in [7, 11) is 1.58. The molecule has 0 radical (unpaired) electrons. The minimum atomic E-state index is -4.53. The molecule has 0 atom stereocenters. The van der Waals surface area contributed by atoms with E-state index in [1.807, 2.05) is 0 Å². The molecule has 2 aromatic heterocycles. The molecule has 12 heteroatoms. The molecule has 2 heterocycles. The number of pyridine rings is 1. The maximum Gasteiger partial charge on any atom is 0.416 e. The van der Waals surface area contributed by atoms with E-state index in [4.69, 9.17) is 24.7 Å². The van der Waals surface area contributed by atoms with Crippen molar-refractivity contribution < 1.29 is 32.1 Å². The average Bonchev–Trinajstić information content (AvgIpc) is 3.64. The number of hydrogen-bond donors (Lipinski definition) is 2. The molecule has 0 amide bonds. The molecular weight excluding hydrogens is 479 g/mol. The van der Waals surface area contributed by atoms with Gasteiger partial charge in [-0.1, -0.05) is 0 Å². The van der Waals surface area contributed by atoms with E-state index in [1.165, 1.54) is 0 Å². The van der Waals surface area contributed by atoms with Gasteiger partial charge in [0.1, 0.15) is 30.7 Å². The van der Waals surface area contributed by atoms with Crippen LogP contribution >= 0.6 is 0 Å². The number of hydrogen-bond acceptors (Lipinski definition) is 9. The number of nitrogens with two attached hydrogens (primary N) is 1. The minimum absolute atomic E-state index is 0.0306. The van der Waals surface area contributed by atoms with Crippen LogP contribution in [-0.2, 0) is 22.2 Å². The summed E-state index contributed by atoms with van der Waals surface area (Å²) in [6.07, 6.45) is -2.08. The Labute approximate surface area is 206 Å². The molecule has 1 saturated carbocycles. The third-order valence-electron chi connectivity index (χ3n) is 5.30. The normalized spacial score (nSPS) is 13.7. The zero-order valence-corrected chi connectivity index (χ0v) is 20.0. The van der Waals surface area contributed by atoms with E-state index in [9.17, 15) is 13.2 Å². The van der Waals surface area contributed by atoms with E-state index in [0.717, 1.165) is 25.0 Å². The molecule has 0 aliphatic heterocycles. The first kappa shape index (κ1) is 25.7. The van der Waals surface area contributed by atoms with E-state index in [-0.39, 0.29) is 18.1 Å². The molecule has 36 heavy (non-hydrogen) atoms. The van der Waals surface area contributed by atoms with E-state index >= 15 is 0 Å². The fraction of sp³-hybridized carbons (Fsp3) is 0.458. The number of nitrogens with one attached hydrogen (secondary N) is 1. The molecule has 1 aliphatic rings. The van der Waals surface area contributed by atoms with Crippen LogP contribution < -0.4 is 20.5 Å². The van der Waals surface area contributed by atoms with Crippen LogP contribution in [0, 0.1) is 6.92 Å². The predicted octanol–water partition coefficient (Wildman–Crippen LogP) is 4.13. The van der Waals surface area contributed by atoms with Crippen molar-refractivity contribution in [1.29, 1.82) is 0 Å². The first-order chi connectivity index (χ1) is 17.2. The number of nitrogens with zero attached hydrogens (tertiary/aromatic N) is 3. The molecule has 3 N–H and O–H groups in total. The summed E-state index contributed by atoms with van der Waals surface area (Å²) >= 11 is 0. The number of aromatic nitrogens is 3. The van der Waals surface area contributed by atoms with Gasteiger partial charge in [-0.05, 0) is 38.0 Å². The van der Waals surface area contributed by atoms with Gasteiger partial charge in [0.15, 0.2) is 11.5 Å². The van der Waals surface area contributed by atoms with Gasteiger partial charge < -0.3 is 30.0 Å². The maximum atomic E-state index is 13.2. The van der Waals surface area contributed by atoms with Crippen LogP contribution in [0.2, 0.25) is 0 Å². The Morgan fingerprint density at radius 1 is 0.972 bits per heavy atom. The third kappa shape index (κ3) is 6.85. The van der Waals surface area contributed by atoms with Gasteiger partial charge in [-0.3, -0.25) is 0 Å². The SMILES string of the molecule is COCCOc1cc2nc(C)nc(NCc3cc(C(F)(F)F)cc(N)n3)c2cc1OCCOC1CC1. The molecule has 9 nitrogen and oxygen atoms in total. The Bertz CT molecular complexity index is 1200. The van der Waals surface area contributed by atoms with Crippen molar-refractivity contribution in [1.82, 2.24) is 15.0 Å². The number of alkyl halides is 3. The Morgan fingerprint density at radius 2 is 1.69 bits per heavy atom. The zero-order chi connectivity index (χ0) is 25.7. The minimum Gasteiger partial charge on any atom is -0.487 e. The number of aryl methyl sites for hydroxylation is 1. The highest BCUT2D eigenvalue weighted by molar-refractivity contribution is 5.91. The van der Waals surface area contributed by atoms with Crippen LogP contribution in [0.5, 0.6) is 11.5 Å². The topological polar surface area (TPSA) is 114 Å². The number of fused-ring (bicyclic) bond motifs is 1. The highest BCUT2D eigenvalue weighted by Gasteiger charge is 2.31. The molecule has 0 spiro atoms. The van der Waals surface area contributed by atoms with Crippen molar-refractivity contribution in [2.24, 2.45) is 0 Å². The van der Waals surface area contributed by atoms with Crippen molar-refractivity contribution in [3.63, 3.8) is 0 Å². The van der Waals surface area contributed by atoms with E-state index < -0.39 is 11.7 Å². The van der Waals surface area contributed by atoms with Gasteiger partial charge >= 0.3 is 6.18 Å². The second-order valence-corrected chi connectivity index (χ2v) is 8.32. The third-order valence-corrected chi connectivity index (χ3v) is 5.30. The van der Waals surface area contributed by atoms with Crippen molar-refractivity contribution >= 4 is 22.5 Å². The van der Waals surface area contributed by atoms with Crippen LogP contribution in [0.3, 0.4) is 0 Å². The van der Waals surface area contributed by atoms with Crippen molar-refractivity contribution in [3.05, 3.63) is 41.3 Å². The molecule has 0 saturated heterocycles. The average molecular weight is 508 g/mol. The summed E-state index contributed by atoms with van der Waals surface area (Å²) in [6.45, 7) is 3.16. The number of methoxy groups -OCH3 is 1. The number of benzene rings is 1. The van der Waals surface area contributed by atoms with Crippen molar-refractivity contribution in [3.8, 4) is 11.5 Å². The number of nitrogen functional groups attached to an aromatic ring is 1. The van der Waals surface area contributed by atoms with Gasteiger partial charge in [0.05, 0.1) is 42.6 Å². The molecule has 0 bridgehead atoms. The van der Waals surface area contributed by atoms with Crippen molar-refractivity contribution in [2.45, 2.75) is 38.6 Å². The summed E-state index contributed by atoms with van der Waals surface area (Å²) in [5, 5.41) is 3.67. The molecule has 1 aliphatic carbocycles. The second-order valence-electron chi connectivity index (χ2n) is 8.32. The fourth-order valence-electron chi connectivity index (χ4n) is 3.49. The summed E-state index contributed by atoms with van der Waals surface area (Å²) < 4.78 is 62.0. The molecule has 3 aromatic rings. The van der Waals surface area contributed by atoms with E-state index in [1.54, 1.807) is 26.2 Å². The highest BCUT2D eigenvalue weighted by Crippen LogP contribution is 2.35. The standard InChI is InChI=1S/C24H28F3N5O4/c1-14-30-19-12-21(35-6-5-33-2)20(36-8-7-34-17-3-4-17)11-18(19)23(31-14)29-13-16-9-15(24(25,26)27)10-22(28)32-16/h9-12,17H,3-8,13H2,1-2H3,(H2,28,32)(H,29,30,31). The molecule has 1 aromatic carbocycles.